The van der Waals surface area contributed by atoms with Crippen molar-refractivity contribution in [2.75, 3.05) is 19.5 Å². The molecule has 0 heterocycles. The number of nitrogens with one attached hydrogen (secondary N) is 2. The Morgan fingerprint density at radius 2 is 1.57 bits per heavy atom. The normalized spacial score (nSPS) is 10.5. The van der Waals surface area contributed by atoms with Crippen molar-refractivity contribution < 1.29 is 9.47 Å². The van der Waals surface area contributed by atoms with Gasteiger partial charge in [-0.15, -0.1) is 0 Å². The Labute approximate surface area is 170 Å². The number of ether oxygens (including phenoxy) is 2. The summed E-state index contributed by atoms with van der Waals surface area (Å²) in [4.78, 5) is 0. The molecule has 0 fully saturated rings. The monoisotopic (exact) mass is 391 g/mol. The standard InChI is InChI=1S/C22H21N3O2S/c1-26-20-11-7-6-10-18(20)15-23-25-22(28)24-19-14-17(12-13-21(19)27-2)16-8-4-3-5-9-16/h3-15H,1-2H3,(H2,24,25,28). The van der Waals surface area contributed by atoms with Gasteiger partial charge < -0.3 is 14.8 Å². The summed E-state index contributed by atoms with van der Waals surface area (Å²) in [5, 5.41) is 7.68. The highest BCUT2D eigenvalue weighted by molar-refractivity contribution is 7.80. The maximum atomic E-state index is 5.44. The average Bonchev–Trinajstić information content (AvgIpc) is 2.74. The Bertz CT molecular complexity index is 975. The Hall–Kier alpha value is -3.38. The summed E-state index contributed by atoms with van der Waals surface area (Å²) in [6.45, 7) is 0. The van der Waals surface area contributed by atoms with Gasteiger partial charge in [0.25, 0.3) is 0 Å². The van der Waals surface area contributed by atoms with Gasteiger partial charge in [0.15, 0.2) is 5.11 Å². The van der Waals surface area contributed by atoms with Crippen molar-refractivity contribution in [3.05, 3.63) is 78.4 Å². The highest BCUT2D eigenvalue weighted by Gasteiger charge is 2.07. The SMILES string of the molecule is COc1ccccc1C=NNC(=S)Nc1cc(-c2ccccc2)ccc1OC. The molecule has 0 aromatic heterocycles. The second-order valence-corrected chi connectivity index (χ2v) is 6.26. The van der Waals surface area contributed by atoms with E-state index < -0.39 is 0 Å². The van der Waals surface area contributed by atoms with Crippen LogP contribution < -0.4 is 20.2 Å². The molecule has 0 amide bonds. The quantitative estimate of drug-likeness (QED) is 0.363. The minimum Gasteiger partial charge on any atom is -0.496 e. The van der Waals surface area contributed by atoms with E-state index in [4.69, 9.17) is 21.7 Å². The highest BCUT2D eigenvalue weighted by Crippen LogP contribution is 2.30. The number of hydrogen-bond acceptors (Lipinski definition) is 4. The summed E-state index contributed by atoms with van der Waals surface area (Å²) in [6, 6.07) is 23.6. The first-order chi connectivity index (χ1) is 13.7. The minimum absolute atomic E-state index is 0.356. The van der Waals surface area contributed by atoms with Crippen LogP contribution >= 0.6 is 12.2 Å². The number of nitrogens with zero attached hydrogens (tertiary/aromatic N) is 1. The van der Waals surface area contributed by atoms with Crippen molar-refractivity contribution in [2.45, 2.75) is 0 Å². The van der Waals surface area contributed by atoms with Crippen molar-refractivity contribution in [3.8, 4) is 22.6 Å². The predicted octanol–water partition coefficient (Wildman–Crippen LogP) is 4.69. The van der Waals surface area contributed by atoms with Gasteiger partial charge in [-0.05, 0) is 47.6 Å². The topological polar surface area (TPSA) is 54.9 Å². The summed E-state index contributed by atoms with van der Waals surface area (Å²) in [7, 11) is 3.25. The van der Waals surface area contributed by atoms with Gasteiger partial charge in [-0.2, -0.15) is 5.10 Å². The number of hydrazone groups is 1. The zero-order valence-corrected chi connectivity index (χ0v) is 16.5. The molecule has 0 aliphatic heterocycles. The molecule has 0 aliphatic carbocycles. The van der Waals surface area contributed by atoms with Gasteiger partial charge in [0.05, 0.1) is 26.1 Å². The van der Waals surface area contributed by atoms with E-state index in [1.165, 1.54) is 0 Å². The molecule has 0 unspecified atom stereocenters. The van der Waals surface area contributed by atoms with E-state index in [1.54, 1.807) is 20.4 Å². The molecule has 142 valence electrons. The third-order valence-electron chi connectivity index (χ3n) is 4.06. The number of thiocarbonyl (C=S) groups is 1. The molecule has 3 rings (SSSR count). The van der Waals surface area contributed by atoms with Crippen molar-refractivity contribution in [3.63, 3.8) is 0 Å². The fraction of sp³-hybridized carbons (Fsp3) is 0.0909. The molecule has 0 saturated heterocycles. The van der Waals surface area contributed by atoms with Crippen LogP contribution in [0.15, 0.2) is 77.9 Å². The summed E-state index contributed by atoms with van der Waals surface area (Å²) in [6.07, 6.45) is 1.66. The lowest BCUT2D eigenvalue weighted by atomic mass is 10.0. The number of hydrogen-bond donors (Lipinski definition) is 2. The number of rotatable bonds is 6. The molecule has 5 nitrogen and oxygen atoms in total. The predicted molar refractivity (Wildman–Crippen MR) is 118 cm³/mol. The fourth-order valence-corrected chi connectivity index (χ4v) is 2.86. The second-order valence-electron chi connectivity index (χ2n) is 5.85. The van der Waals surface area contributed by atoms with E-state index in [2.05, 4.69) is 28.0 Å². The van der Waals surface area contributed by atoms with E-state index in [1.807, 2.05) is 60.7 Å². The van der Waals surface area contributed by atoms with E-state index in [0.717, 1.165) is 28.1 Å². The Kier molecular flexibility index (Phi) is 6.59. The largest absolute Gasteiger partial charge is 0.496 e. The average molecular weight is 391 g/mol. The minimum atomic E-state index is 0.356. The maximum Gasteiger partial charge on any atom is 0.191 e. The highest BCUT2D eigenvalue weighted by atomic mass is 32.1. The molecule has 0 aliphatic rings. The Morgan fingerprint density at radius 1 is 0.857 bits per heavy atom. The lowest BCUT2D eigenvalue weighted by molar-refractivity contribution is 0.414. The van der Waals surface area contributed by atoms with Gasteiger partial charge in [0.1, 0.15) is 11.5 Å². The van der Waals surface area contributed by atoms with Crippen molar-refractivity contribution in [2.24, 2.45) is 5.10 Å². The zero-order valence-electron chi connectivity index (χ0n) is 15.7. The van der Waals surface area contributed by atoms with Crippen molar-refractivity contribution in [1.29, 1.82) is 0 Å². The molecule has 0 saturated carbocycles. The van der Waals surface area contributed by atoms with Crippen LogP contribution in [-0.4, -0.2) is 25.5 Å². The number of methoxy groups -OCH3 is 2. The van der Waals surface area contributed by atoms with Gasteiger partial charge in [-0.1, -0.05) is 48.5 Å². The molecule has 0 spiro atoms. The lowest BCUT2D eigenvalue weighted by Crippen LogP contribution is -2.24. The maximum absolute atomic E-state index is 5.44. The van der Waals surface area contributed by atoms with Gasteiger partial charge >= 0.3 is 0 Å². The summed E-state index contributed by atoms with van der Waals surface area (Å²) >= 11 is 5.36. The van der Waals surface area contributed by atoms with Gasteiger partial charge in [0, 0.05) is 5.56 Å². The zero-order chi connectivity index (χ0) is 19.8. The molecule has 3 aromatic rings. The molecule has 6 heteroatoms. The van der Waals surface area contributed by atoms with E-state index in [-0.39, 0.29) is 0 Å². The number of anilines is 1. The lowest BCUT2D eigenvalue weighted by Gasteiger charge is -2.13. The van der Waals surface area contributed by atoms with Crippen LogP contribution in [0, 0.1) is 0 Å². The molecule has 0 bridgehead atoms. The first kappa shape index (κ1) is 19.4. The van der Waals surface area contributed by atoms with Crippen LogP contribution in [0.25, 0.3) is 11.1 Å². The van der Waals surface area contributed by atoms with Crippen LogP contribution in [0.3, 0.4) is 0 Å². The molecule has 28 heavy (non-hydrogen) atoms. The number of para-hydroxylation sites is 1. The second kappa shape index (κ2) is 9.53. The van der Waals surface area contributed by atoms with Gasteiger partial charge in [-0.3, -0.25) is 5.43 Å². The molecule has 0 radical (unpaired) electrons. The Balaban J connectivity index is 1.71. The van der Waals surface area contributed by atoms with Crippen LogP contribution in [0.1, 0.15) is 5.56 Å². The van der Waals surface area contributed by atoms with Crippen LogP contribution in [0.5, 0.6) is 11.5 Å². The van der Waals surface area contributed by atoms with E-state index in [0.29, 0.717) is 10.9 Å². The van der Waals surface area contributed by atoms with E-state index in [9.17, 15) is 0 Å². The Morgan fingerprint density at radius 3 is 2.32 bits per heavy atom. The van der Waals surface area contributed by atoms with Crippen molar-refractivity contribution in [1.82, 2.24) is 5.43 Å². The van der Waals surface area contributed by atoms with E-state index >= 15 is 0 Å². The molecule has 2 N–H and O–H groups in total. The van der Waals surface area contributed by atoms with Crippen LogP contribution in [0.2, 0.25) is 0 Å². The van der Waals surface area contributed by atoms with Gasteiger partial charge in [-0.25, -0.2) is 0 Å². The molecule has 0 atom stereocenters. The molecule has 3 aromatic carbocycles. The molecular weight excluding hydrogens is 370 g/mol. The van der Waals surface area contributed by atoms with Crippen LogP contribution in [-0.2, 0) is 0 Å². The molecular formula is C22H21N3O2S. The smallest absolute Gasteiger partial charge is 0.191 e. The third kappa shape index (κ3) is 4.86. The summed E-state index contributed by atoms with van der Waals surface area (Å²) < 4.78 is 10.7. The fourth-order valence-electron chi connectivity index (χ4n) is 2.70. The van der Waals surface area contributed by atoms with Crippen molar-refractivity contribution >= 4 is 29.2 Å². The summed E-state index contributed by atoms with van der Waals surface area (Å²) in [5.41, 5.74) is 6.60. The summed E-state index contributed by atoms with van der Waals surface area (Å²) in [5.74, 6) is 1.43. The first-order valence-corrected chi connectivity index (χ1v) is 9.08. The third-order valence-corrected chi connectivity index (χ3v) is 4.26. The number of benzene rings is 3. The van der Waals surface area contributed by atoms with Gasteiger partial charge in [0.2, 0.25) is 0 Å². The van der Waals surface area contributed by atoms with Crippen LogP contribution in [0.4, 0.5) is 5.69 Å². The first-order valence-electron chi connectivity index (χ1n) is 8.68.